The summed E-state index contributed by atoms with van der Waals surface area (Å²) in [6.07, 6.45) is 4.36. The number of hydrogen-bond acceptors (Lipinski definition) is 5. The molecule has 0 aromatic heterocycles. The second-order valence-corrected chi connectivity index (χ2v) is 11.7. The molecule has 0 spiro atoms. The number of aryl methyl sites for hydroxylation is 1. The summed E-state index contributed by atoms with van der Waals surface area (Å²) in [7, 11) is 1.68. The maximum absolute atomic E-state index is 14.1. The van der Waals surface area contributed by atoms with Crippen LogP contribution in [-0.2, 0) is 33.7 Å². The van der Waals surface area contributed by atoms with E-state index in [1.807, 2.05) is 59.5 Å². The van der Waals surface area contributed by atoms with E-state index in [0.717, 1.165) is 60.2 Å². The van der Waals surface area contributed by atoms with Gasteiger partial charge in [0.1, 0.15) is 11.8 Å². The SMILES string of the molecule is COCCc1ccc(Cl)c(CN(C(=O)[C@H]2CNCC(=O)N2c2ccc(CCCOc3cccc(Cl)c3)cc2)C2CC2)c1. The minimum atomic E-state index is -0.626. The molecule has 1 heterocycles. The summed E-state index contributed by atoms with van der Waals surface area (Å²) in [5.41, 5.74) is 3.90. The van der Waals surface area contributed by atoms with Crippen LogP contribution in [0, 0.1) is 0 Å². The maximum atomic E-state index is 14.1. The highest BCUT2D eigenvalue weighted by molar-refractivity contribution is 6.31. The number of nitrogens with one attached hydrogen (secondary N) is 1. The molecule has 222 valence electrons. The molecule has 1 N–H and O–H groups in total. The smallest absolute Gasteiger partial charge is 0.247 e. The molecule has 2 fully saturated rings. The van der Waals surface area contributed by atoms with Crippen molar-refractivity contribution in [3.63, 3.8) is 0 Å². The number of hydrogen-bond donors (Lipinski definition) is 1. The van der Waals surface area contributed by atoms with Crippen molar-refractivity contribution in [2.75, 3.05) is 38.3 Å². The fraction of sp³-hybridized carbons (Fsp3) is 0.394. The van der Waals surface area contributed by atoms with Crippen LogP contribution in [0.15, 0.2) is 66.7 Å². The topological polar surface area (TPSA) is 71.1 Å². The third kappa shape index (κ3) is 7.84. The normalized spacial score (nSPS) is 16.9. The Kier molecular flexibility index (Phi) is 10.4. The first-order valence-corrected chi connectivity index (χ1v) is 15.3. The van der Waals surface area contributed by atoms with Crippen LogP contribution in [0.4, 0.5) is 5.69 Å². The van der Waals surface area contributed by atoms with E-state index in [4.69, 9.17) is 32.7 Å². The fourth-order valence-corrected chi connectivity index (χ4v) is 5.66. The highest BCUT2D eigenvalue weighted by atomic mass is 35.5. The van der Waals surface area contributed by atoms with Crippen LogP contribution in [0.25, 0.3) is 0 Å². The average Bonchev–Trinajstić information content (AvgIpc) is 3.84. The van der Waals surface area contributed by atoms with E-state index < -0.39 is 6.04 Å². The van der Waals surface area contributed by atoms with Crippen molar-refractivity contribution in [2.24, 2.45) is 0 Å². The molecule has 0 radical (unpaired) electrons. The number of halogens is 2. The molecule has 1 saturated heterocycles. The second-order valence-electron chi connectivity index (χ2n) is 10.9. The number of anilines is 1. The molecule has 0 bridgehead atoms. The molecule has 0 unspecified atom stereocenters. The van der Waals surface area contributed by atoms with Gasteiger partial charge in [-0.2, -0.15) is 0 Å². The Morgan fingerprint density at radius 2 is 1.79 bits per heavy atom. The molecule has 2 amide bonds. The molecule has 42 heavy (non-hydrogen) atoms. The summed E-state index contributed by atoms with van der Waals surface area (Å²) in [6, 6.07) is 20.8. The summed E-state index contributed by atoms with van der Waals surface area (Å²) in [4.78, 5) is 30.8. The Hall–Kier alpha value is -3.10. The lowest BCUT2D eigenvalue weighted by Gasteiger charge is -2.38. The van der Waals surface area contributed by atoms with E-state index in [1.54, 1.807) is 18.1 Å². The van der Waals surface area contributed by atoms with Gasteiger partial charge < -0.3 is 19.7 Å². The summed E-state index contributed by atoms with van der Waals surface area (Å²) in [6.45, 7) is 2.21. The number of benzene rings is 3. The van der Waals surface area contributed by atoms with Gasteiger partial charge in [0.25, 0.3) is 0 Å². The number of carbonyl (C=O) groups excluding carboxylic acids is 2. The highest BCUT2D eigenvalue weighted by Gasteiger charge is 2.41. The molecule has 2 aliphatic rings. The first kappa shape index (κ1) is 30.4. The van der Waals surface area contributed by atoms with Gasteiger partial charge in [-0.25, -0.2) is 0 Å². The third-order valence-corrected chi connectivity index (χ3v) is 8.29. The van der Waals surface area contributed by atoms with Gasteiger partial charge in [-0.3, -0.25) is 14.5 Å². The Balaban J connectivity index is 1.25. The van der Waals surface area contributed by atoms with Crippen molar-refractivity contribution in [1.29, 1.82) is 0 Å². The molecule has 1 atom stereocenters. The predicted octanol–water partition coefficient (Wildman–Crippen LogP) is 5.69. The van der Waals surface area contributed by atoms with E-state index in [1.165, 1.54) is 0 Å². The van der Waals surface area contributed by atoms with Gasteiger partial charge in [0.2, 0.25) is 11.8 Å². The van der Waals surface area contributed by atoms with Crippen LogP contribution in [-0.4, -0.2) is 62.2 Å². The van der Waals surface area contributed by atoms with E-state index in [0.29, 0.717) is 36.3 Å². The van der Waals surface area contributed by atoms with Crippen molar-refractivity contribution >= 4 is 40.7 Å². The van der Waals surface area contributed by atoms with Crippen molar-refractivity contribution in [2.45, 2.75) is 50.7 Å². The number of methoxy groups -OCH3 is 1. The molecule has 9 heteroatoms. The lowest BCUT2D eigenvalue weighted by Crippen LogP contribution is -2.61. The zero-order valence-corrected chi connectivity index (χ0v) is 25.4. The van der Waals surface area contributed by atoms with Crippen LogP contribution in [0.1, 0.15) is 36.0 Å². The third-order valence-electron chi connectivity index (χ3n) is 7.68. The highest BCUT2D eigenvalue weighted by Crippen LogP contribution is 2.32. The van der Waals surface area contributed by atoms with Gasteiger partial charge in [0.15, 0.2) is 0 Å². The molecular formula is C33H37Cl2N3O4. The maximum Gasteiger partial charge on any atom is 0.247 e. The minimum absolute atomic E-state index is 0.0568. The molecule has 1 saturated carbocycles. The lowest BCUT2D eigenvalue weighted by atomic mass is 10.0. The fourth-order valence-electron chi connectivity index (χ4n) is 5.31. The van der Waals surface area contributed by atoms with E-state index >= 15 is 0 Å². The standard InChI is InChI=1S/C33H37Cl2N3O4/c1-41-17-15-24-9-14-30(35)25(18-24)22-37(27-12-13-27)33(40)31-20-36-21-32(39)38(31)28-10-7-23(8-11-28)4-3-16-42-29-6-2-5-26(34)19-29/h2,5-11,14,18-19,27,31,36H,3-4,12-13,15-17,20-22H2,1H3/t31-/m1/s1. The van der Waals surface area contributed by atoms with Gasteiger partial charge in [-0.1, -0.05) is 53.5 Å². The zero-order valence-electron chi connectivity index (χ0n) is 23.9. The van der Waals surface area contributed by atoms with Gasteiger partial charge >= 0.3 is 0 Å². The Morgan fingerprint density at radius 1 is 1.00 bits per heavy atom. The van der Waals surface area contributed by atoms with Crippen molar-refractivity contribution in [3.8, 4) is 5.75 Å². The lowest BCUT2D eigenvalue weighted by molar-refractivity contribution is -0.136. The number of amides is 2. The Labute approximate surface area is 257 Å². The largest absolute Gasteiger partial charge is 0.494 e. The predicted molar refractivity (Wildman–Crippen MR) is 166 cm³/mol. The molecule has 1 aliphatic heterocycles. The van der Waals surface area contributed by atoms with E-state index in [-0.39, 0.29) is 24.4 Å². The number of ether oxygens (including phenoxy) is 2. The quantitative estimate of drug-likeness (QED) is 0.252. The summed E-state index contributed by atoms with van der Waals surface area (Å²) in [5.74, 6) is 0.586. The number of rotatable bonds is 13. The van der Waals surface area contributed by atoms with Crippen LogP contribution in [0.3, 0.4) is 0 Å². The molecule has 1 aliphatic carbocycles. The van der Waals surface area contributed by atoms with Gasteiger partial charge in [-0.15, -0.1) is 0 Å². The van der Waals surface area contributed by atoms with Gasteiger partial charge in [-0.05, 0) is 85.2 Å². The van der Waals surface area contributed by atoms with E-state index in [2.05, 4.69) is 11.4 Å². The zero-order chi connectivity index (χ0) is 29.5. The van der Waals surface area contributed by atoms with Gasteiger partial charge in [0.05, 0.1) is 19.8 Å². The summed E-state index contributed by atoms with van der Waals surface area (Å²) < 4.78 is 11.0. The van der Waals surface area contributed by atoms with Crippen molar-refractivity contribution in [1.82, 2.24) is 10.2 Å². The van der Waals surface area contributed by atoms with E-state index in [9.17, 15) is 9.59 Å². The van der Waals surface area contributed by atoms with Crippen LogP contribution < -0.4 is 15.0 Å². The number of nitrogens with zero attached hydrogens (tertiary/aromatic N) is 2. The average molecular weight is 611 g/mol. The van der Waals surface area contributed by atoms with Gasteiger partial charge in [0, 0.05) is 42.0 Å². The van der Waals surface area contributed by atoms with Crippen LogP contribution >= 0.6 is 23.2 Å². The molecular weight excluding hydrogens is 573 g/mol. The molecule has 5 rings (SSSR count). The first-order valence-electron chi connectivity index (χ1n) is 14.5. The molecule has 3 aromatic rings. The minimum Gasteiger partial charge on any atom is -0.494 e. The molecule has 3 aromatic carbocycles. The van der Waals surface area contributed by atoms with Crippen LogP contribution in [0.5, 0.6) is 5.75 Å². The summed E-state index contributed by atoms with van der Waals surface area (Å²) >= 11 is 12.6. The Bertz CT molecular complexity index is 1380. The second kappa shape index (κ2) is 14.4. The first-order chi connectivity index (χ1) is 20.4. The number of carbonyl (C=O) groups is 2. The van der Waals surface area contributed by atoms with Crippen LogP contribution in [0.2, 0.25) is 10.0 Å². The summed E-state index contributed by atoms with van der Waals surface area (Å²) in [5, 5.41) is 4.44. The van der Waals surface area contributed by atoms with Crippen molar-refractivity contribution in [3.05, 3.63) is 93.5 Å². The molecule has 7 nitrogen and oxygen atoms in total. The monoisotopic (exact) mass is 609 g/mol. The van der Waals surface area contributed by atoms with Crippen molar-refractivity contribution < 1.29 is 19.1 Å². The number of piperazine rings is 1. The Morgan fingerprint density at radius 3 is 2.52 bits per heavy atom.